The van der Waals surface area contributed by atoms with Gasteiger partial charge in [-0.25, -0.2) is 18.6 Å². The molecule has 2 aromatic carbocycles. The zero-order valence-electron chi connectivity index (χ0n) is 19.0. The van der Waals surface area contributed by atoms with Crippen LogP contribution in [0.3, 0.4) is 0 Å². The summed E-state index contributed by atoms with van der Waals surface area (Å²) in [5, 5.41) is 20.0. The third-order valence-corrected chi connectivity index (χ3v) is 6.62. The maximum Gasteiger partial charge on any atom is 0.365 e. The second kappa shape index (κ2) is 11.1. The minimum Gasteiger partial charge on any atom is -0.380 e. The van der Waals surface area contributed by atoms with Crippen molar-refractivity contribution < 1.29 is 23.3 Å². The molecule has 0 saturated carbocycles. The van der Waals surface area contributed by atoms with Crippen LogP contribution in [0.25, 0.3) is 0 Å². The Morgan fingerprint density at radius 1 is 1.34 bits per heavy atom. The van der Waals surface area contributed by atoms with Gasteiger partial charge in [0.15, 0.2) is 5.82 Å². The molecular weight excluding hydrogens is 482 g/mol. The molecule has 0 bridgehead atoms. The molecule has 2 amide bonds. The Hall–Kier alpha value is -3.71. The largest absolute Gasteiger partial charge is 0.380 e. The molecule has 13 heteroatoms. The lowest BCUT2D eigenvalue weighted by Gasteiger charge is -2.37. The van der Waals surface area contributed by atoms with Crippen molar-refractivity contribution in [1.82, 2.24) is 15.4 Å². The average Bonchev–Trinajstić information content (AvgIpc) is 3.23. The molecule has 1 unspecified atom stereocenters. The fraction of sp³-hybridized carbons (Fsp3) is 0.273. The van der Waals surface area contributed by atoms with Crippen molar-refractivity contribution >= 4 is 22.8 Å². The maximum absolute atomic E-state index is 14.6. The van der Waals surface area contributed by atoms with Gasteiger partial charge in [-0.1, -0.05) is 42.1 Å². The number of benzene rings is 2. The summed E-state index contributed by atoms with van der Waals surface area (Å²) in [7, 11) is 2.72. The van der Waals surface area contributed by atoms with Gasteiger partial charge < -0.3 is 11.1 Å². The highest BCUT2D eigenvalue weighted by atomic mass is 32.2. The highest BCUT2D eigenvalue weighted by Crippen LogP contribution is 2.50. The molecule has 0 aromatic heterocycles. The molecule has 35 heavy (non-hydrogen) atoms. The van der Waals surface area contributed by atoms with Gasteiger partial charge in [0, 0.05) is 19.2 Å². The zero-order valence-corrected chi connectivity index (χ0v) is 19.8. The Labute approximate surface area is 204 Å². The molecule has 0 radical (unpaired) electrons. The van der Waals surface area contributed by atoms with Crippen LogP contribution in [0.4, 0.5) is 13.6 Å². The number of hydrazone groups is 1. The van der Waals surface area contributed by atoms with E-state index in [9.17, 15) is 23.7 Å². The molecule has 186 valence electrons. The zero-order chi connectivity index (χ0) is 25.6. The molecule has 3 rings (SSSR count). The summed E-state index contributed by atoms with van der Waals surface area (Å²) >= 11 is 1.11. The molecule has 0 aliphatic carbocycles. The van der Waals surface area contributed by atoms with Crippen molar-refractivity contribution in [2.45, 2.75) is 17.7 Å². The van der Waals surface area contributed by atoms with Crippen LogP contribution >= 0.6 is 11.8 Å². The first-order valence-electron chi connectivity index (χ1n) is 10.4. The number of carbonyl (C=O) groups excluding carboxylic acids is 1. The van der Waals surface area contributed by atoms with Crippen LogP contribution in [0.1, 0.15) is 24.0 Å². The lowest BCUT2D eigenvalue weighted by molar-refractivity contribution is -0.403. The predicted molar refractivity (Wildman–Crippen MR) is 127 cm³/mol. The van der Waals surface area contributed by atoms with Crippen LogP contribution in [0.5, 0.6) is 0 Å². The molecule has 10 nitrogen and oxygen atoms in total. The van der Waals surface area contributed by atoms with Crippen molar-refractivity contribution in [2.24, 2.45) is 10.8 Å². The first-order chi connectivity index (χ1) is 16.7. The quantitative estimate of drug-likeness (QED) is 0.303. The Kier molecular flexibility index (Phi) is 8.25. The number of hydrogen-bond acceptors (Lipinski definition) is 8. The number of nitro groups is 1. The topological polar surface area (TPSA) is 126 Å². The van der Waals surface area contributed by atoms with E-state index < -0.39 is 27.5 Å². The van der Waals surface area contributed by atoms with E-state index in [1.807, 2.05) is 6.07 Å². The number of rotatable bonds is 9. The van der Waals surface area contributed by atoms with E-state index >= 15 is 0 Å². The molecule has 2 aromatic rings. The predicted octanol–water partition coefficient (Wildman–Crippen LogP) is 3.55. The summed E-state index contributed by atoms with van der Waals surface area (Å²) in [4.78, 5) is 27.1. The van der Waals surface area contributed by atoms with Crippen molar-refractivity contribution in [3.05, 3.63) is 93.4 Å². The van der Waals surface area contributed by atoms with Crippen LogP contribution in [0.2, 0.25) is 0 Å². The van der Waals surface area contributed by atoms with Gasteiger partial charge in [0.1, 0.15) is 21.5 Å². The van der Waals surface area contributed by atoms with Crippen LogP contribution in [0.15, 0.2) is 65.7 Å². The summed E-state index contributed by atoms with van der Waals surface area (Å²) in [5.74, 6) is -1.45. The smallest absolute Gasteiger partial charge is 0.365 e. The number of amides is 2. The lowest BCUT2D eigenvalue weighted by Crippen LogP contribution is -2.47. The summed E-state index contributed by atoms with van der Waals surface area (Å²) in [6.45, 7) is 0.247. The molecular formula is C22H24F2N6O4S. The van der Waals surface area contributed by atoms with E-state index in [-0.39, 0.29) is 29.4 Å². The number of nitrogens with one attached hydrogen (secondary N) is 1. The lowest BCUT2D eigenvalue weighted by atomic mass is 10.0. The van der Waals surface area contributed by atoms with Gasteiger partial charge in [-0.2, -0.15) is 10.1 Å². The SMILES string of the molecule is CON(C)C(=O)N1N=C(c2cc(F)ccc2F)SC1(CCCN/C(N)=C/[N+](=O)[O-])c1ccccc1. The first kappa shape index (κ1) is 25.9. The number of thioether (sulfide) groups is 1. The maximum atomic E-state index is 14.6. The minimum absolute atomic E-state index is 0.0815. The number of nitrogens with zero attached hydrogens (tertiary/aromatic N) is 4. The first-order valence-corrected chi connectivity index (χ1v) is 11.2. The van der Waals surface area contributed by atoms with E-state index in [0.29, 0.717) is 18.2 Å². The summed E-state index contributed by atoms with van der Waals surface area (Å²) < 4.78 is 28.6. The number of halogens is 2. The van der Waals surface area contributed by atoms with Crippen LogP contribution in [0, 0.1) is 21.7 Å². The minimum atomic E-state index is -1.15. The normalized spacial score (nSPS) is 17.8. The Bertz CT molecular complexity index is 1150. The third-order valence-electron chi connectivity index (χ3n) is 5.17. The van der Waals surface area contributed by atoms with Gasteiger partial charge in [0.2, 0.25) is 0 Å². The molecule has 3 N–H and O–H groups in total. The van der Waals surface area contributed by atoms with Gasteiger partial charge in [0.25, 0.3) is 6.20 Å². The number of nitrogens with two attached hydrogens (primary N) is 1. The van der Waals surface area contributed by atoms with Gasteiger partial charge in [-0.05, 0) is 36.6 Å². The number of urea groups is 1. The third kappa shape index (κ3) is 5.87. The standard InChI is InChI=1S/C22H24F2N6O4S/c1-28(34-2)21(31)30-22(15-7-4-3-5-8-15,11-6-12-26-19(25)14-29(32)33)35-20(27-30)17-13-16(23)9-10-18(17)24/h3-5,7-10,13-14,26H,6,11-12,25H2,1-2H3/b19-14+. The molecule has 1 heterocycles. The van der Waals surface area contributed by atoms with Crippen LogP contribution in [-0.2, 0) is 9.71 Å². The van der Waals surface area contributed by atoms with E-state index in [0.717, 1.165) is 35.0 Å². The van der Waals surface area contributed by atoms with Gasteiger partial charge in [0.05, 0.1) is 12.0 Å². The molecule has 0 saturated heterocycles. The summed E-state index contributed by atoms with van der Waals surface area (Å²) in [6, 6.07) is 11.4. The Morgan fingerprint density at radius 2 is 2.06 bits per heavy atom. The average molecular weight is 507 g/mol. The Morgan fingerprint density at radius 3 is 2.71 bits per heavy atom. The van der Waals surface area contributed by atoms with Crippen molar-refractivity contribution in [1.29, 1.82) is 0 Å². The molecule has 0 fully saturated rings. The second-order valence-corrected chi connectivity index (χ2v) is 8.72. The Balaban J connectivity index is 2.01. The van der Waals surface area contributed by atoms with Gasteiger partial charge in [-0.15, -0.1) is 0 Å². The van der Waals surface area contributed by atoms with Crippen molar-refractivity contribution in [2.75, 3.05) is 20.7 Å². The molecule has 1 aliphatic heterocycles. The van der Waals surface area contributed by atoms with E-state index in [4.69, 9.17) is 10.6 Å². The molecule has 1 atom stereocenters. The van der Waals surface area contributed by atoms with E-state index in [1.54, 1.807) is 24.3 Å². The van der Waals surface area contributed by atoms with Gasteiger partial charge >= 0.3 is 6.03 Å². The van der Waals surface area contributed by atoms with Crippen LogP contribution in [-0.4, -0.2) is 46.8 Å². The fourth-order valence-electron chi connectivity index (χ4n) is 3.48. The number of hydroxylamine groups is 2. The molecule has 1 aliphatic rings. The second-order valence-electron chi connectivity index (χ2n) is 7.46. The number of carbonyl (C=O) groups is 1. The summed E-state index contributed by atoms with van der Waals surface area (Å²) in [5.41, 5.74) is 6.20. The monoisotopic (exact) mass is 506 g/mol. The fourth-order valence-corrected chi connectivity index (χ4v) is 4.89. The van der Waals surface area contributed by atoms with Crippen LogP contribution < -0.4 is 11.1 Å². The van der Waals surface area contributed by atoms with E-state index in [2.05, 4.69) is 10.4 Å². The summed E-state index contributed by atoms with van der Waals surface area (Å²) in [6.07, 6.45) is 1.32. The van der Waals surface area contributed by atoms with Gasteiger partial charge in [-0.3, -0.25) is 15.0 Å². The highest BCUT2D eigenvalue weighted by Gasteiger charge is 2.49. The van der Waals surface area contributed by atoms with E-state index in [1.165, 1.54) is 19.2 Å². The number of hydrogen-bond donors (Lipinski definition) is 2. The molecule has 0 spiro atoms. The van der Waals surface area contributed by atoms with Crippen molar-refractivity contribution in [3.63, 3.8) is 0 Å². The van der Waals surface area contributed by atoms with Crippen molar-refractivity contribution in [3.8, 4) is 0 Å². The highest BCUT2D eigenvalue weighted by molar-refractivity contribution is 8.15.